The highest BCUT2D eigenvalue weighted by Gasteiger charge is 2.12. The molecule has 2 N–H and O–H groups in total. The van der Waals surface area contributed by atoms with E-state index in [0.717, 1.165) is 5.56 Å². The van der Waals surface area contributed by atoms with Gasteiger partial charge in [0.2, 0.25) is 0 Å². The number of hydrogen-bond acceptors (Lipinski definition) is 2. The lowest BCUT2D eigenvalue weighted by atomic mass is 10.2. The normalized spacial score (nSPS) is 10.1. The van der Waals surface area contributed by atoms with Crippen molar-refractivity contribution in [3.8, 4) is 0 Å². The summed E-state index contributed by atoms with van der Waals surface area (Å²) in [6, 6.07) is 7.12. The van der Waals surface area contributed by atoms with E-state index in [9.17, 15) is 14.0 Å². The standard InChI is InChI=1S/C13H11FN2O2/c1-8-6-11(13(18)15-7-8)16-12(17)9-4-2-3-5-10(9)14/h2-7H,1H3,(H,15,18)(H,16,17). The fraction of sp³-hybridized carbons (Fsp3) is 0.0769. The summed E-state index contributed by atoms with van der Waals surface area (Å²) in [6.07, 6.45) is 1.53. The number of rotatable bonds is 2. The van der Waals surface area contributed by atoms with Crippen LogP contribution in [-0.4, -0.2) is 10.9 Å². The topological polar surface area (TPSA) is 62.0 Å². The van der Waals surface area contributed by atoms with Crippen molar-refractivity contribution in [2.45, 2.75) is 6.92 Å². The van der Waals surface area contributed by atoms with Gasteiger partial charge in [-0.2, -0.15) is 0 Å². The highest BCUT2D eigenvalue weighted by molar-refractivity contribution is 6.04. The number of H-pyrrole nitrogens is 1. The van der Waals surface area contributed by atoms with Crippen LogP contribution in [0, 0.1) is 12.7 Å². The van der Waals surface area contributed by atoms with Crippen molar-refractivity contribution in [2.24, 2.45) is 0 Å². The Balaban J connectivity index is 2.30. The molecular weight excluding hydrogens is 235 g/mol. The molecule has 1 aromatic heterocycles. The number of benzene rings is 1. The highest BCUT2D eigenvalue weighted by atomic mass is 19.1. The molecule has 0 saturated carbocycles. The molecule has 5 heteroatoms. The minimum Gasteiger partial charge on any atom is -0.327 e. The Morgan fingerprint density at radius 3 is 2.78 bits per heavy atom. The van der Waals surface area contributed by atoms with Gasteiger partial charge in [-0.1, -0.05) is 12.1 Å². The lowest BCUT2D eigenvalue weighted by Gasteiger charge is -2.05. The maximum atomic E-state index is 13.4. The van der Waals surface area contributed by atoms with Gasteiger partial charge in [0.15, 0.2) is 0 Å². The van der Waals surface area contributed by atoms with Gasteiger partial charge < -0.3 is 10.3 Å². The lowest BCUT2D eigenvalue weighted by molar-refractivity contribution is 0.102. The number of hydrogen-bond donors (Lipinski definition) is 2. The van der Waals surface area contributed by atoms with Crippen LogP contribution in [0.4, 0.5) is 10.1 Å². The van der Waals surface area contributed by atoms with Gasteiger partial charge in [-0.05, 0) is 30.7 Å². The van der Waals surface area contributed by atoms with Gasteiger partial charge in [0.1, 0.15) is 11.5 Å². The van der Waals surface area contributed by atoms with Crippen molar-refractivity contribution in [3.05, 3.63) is 63.8 Å². The van der Waals surface area contributed by atoms with E-state index in [1.54, 1.807) is 13.0 Å². The van der Waals surface area contributed by atoms with E-state index in [-0.39, 0.29) is 11.3 Å². The first-order valence-electron chi connectivity index (χ1n) is 5.33. The SMILES string of the molecule is Cc1c[nH]c(=O)c(NC(=O)c2ccccc2F)c1. The van der Waals surface area contributed by atoms with Crippen LogP contribution < -0.4 is 10.9 Å². The van der Waals surface area contributed by atoms with Crippen LogP contribution in [0.25, 0.3) is 0 Å². The van der Waals surface area contributed by atoms with E-state index < -0.39 is 17.3 Å². The molecular formula is C13H11FN2O2. The smallest absolute Gasteiger partial charge is 0.271 e. The second kappa shape index (κ2) is 4.83. The van der Waals surface area contributed by atoms with Gasteiger partial charge in [-0.3, -0.25) is 9.59 Å². The average Bonchev–Trinajstić information content (AvgIpc) is 2.34. The Hall–Kier alpha value is -2.43. The quantitative estimate of drug-likeness (QED) is 0.852. The molecule has 2 rings (SSSR count). The van der Waals surface area contributed by atoms with Crippen molar-refractivity contribution in [1.82, 2.24) is 4.98 Å². The van der Waals surface area contributed by atoms with Crippen LogP contribution in [0.3, 0.4) is 0 Å². The van der Waals surface area contributed by atoms with Gasteiger partial charge in [0, 0.05) is 6.20 Å². The number of anilines is 1. The van der Waals surface area contributed by atoms with Crippen molar-refractivity contribution in [1.29, 1.82) is 0 Å². The predicted molar refractivity (Wildman–Crippen MR) is 66.2 cm³/mol. The molecule has 18 heavy (non-hydrogen) atoms. The third kappa shape index (κ3) is 2.45. The maximum absolute atomic E-state index is 13.4. The van der Waals surface area contributed by atoms with Crippen molar-refractivity contribution in [3.63, 3.8) is 0 Å². The molecule has 1 heterocycles. The first-order valence-corrected chi connectivity index (χ1v) is 5.33. The molecule has 0 fully saturated rings. The van der Waals surface area contributed by atoms with E-state index in [1.807, 2.05) is 0 Å². The molecule has 0 aliphatic rings. The van der Waals surface area contributed by atoms with E-state index in [1.165, 1.54) is 30.5 Å². The molecule has 0 saturated heterocycles. The summed E-state index contributed by atoms with van der Waals surface area (Å²) in [7, 11) is 0. The fourth-order valence-electron chi connectivity index (χ4n) is 1.52. The minimum absolute atomic E-state index is 0.0987. The van der Waals surface area contributed by atoms with Crippen LogP contribution in [0.5, 0.6) is 0 Å². The van der Waals surface area contributed by atoms with Crippen molar-refractivity contribution >= 4 is 11.6 Å². The highest BCUT2D eigenvalue weighted by Crippen LogP contribution is 2.09. The zero-order valence-corrected chi connectivity index (χ0v) is 9.66. The zero-order chi connectivity index (χ0) is 13.1. The first kappa shape index (κ1) is 12.0. The van der Waals surface area contributed by atoms with E-state index in [0.29, 0.717) is 0 Å². The summed E-state index contributed by atoms with van der Waals surface area (Å²) in [6.45, 7) is 1.77. The third-order valence-electron chi connectivity index (χ3n) is 2.41. The number of carbonyl (C=O) groups is 1. The van der Waals surface area contributed by atoms with Crippen LogP contribution >= 0.6 is 0 Å². The molecule has 0 aliphatic heterocycles. The molecule has 0 atom stereocenters. The molecule has 2 aromatic rings. The van der Waals surface area contributed by atoms with E-state index >= 15 is 0 Å². The Kier molecular flexibility index (Phi) is 3.23. The molecule has 0 unspecified atom stereocenters. The summed E-state index contributed by atoms with van der Waals surface area (Å²) >= 11 is 0. The Labute approximate surface area is 102 Å². The number of halogens is 1. The first-order chi connectivity index (χ1) is 8.58. The second-order valence-corrected chi connectivity index (χ2v) is 3.85. The lowest BCUT2D eigenvalue weighted by Crippen LogP contribution is -2.20. The average molecular weight is 246 g/mol. The molecule has 1 amide bonds. The fourth-order valence-corrected chi connectivity index (χ4v) is 1.52. The van der Waals surface area contributed by atoms with Gasteiger partial charge in [-0.15, -0.1) is 0 Å². The number of aryl methyl sites for hydroxylation is 1. The number of pyridine rings is 1. The summed E-state index contributed by atoms with van der Waals surface area (Å²) in [5.41, 5.74) is 0.366. The number of carbonyl (C=O) groups excluding carboxylic acids is 1. The largest absolute Gasteiger partial charge is 0.327 e. The number of amides is 1. The van der Waals surface area contributed by atoms with Gasteiger partial charge in [0.25, 0.3) is 11.5 Å². The summed E-state index contributed by atoms with van der Waals surface area (Å²) < 4.78 is 13.4. The number of aromatic amines is 1. The summed E-state index contributed by atoms with van der Waals surface area (Å²) in [5.74, 6) is -1.27. The minimum atomic E-state index is -0.649. The molecule has 0 bridgehead atoms. The van der Waals surface area contributed by atoms with Crippen molar-refractivity contribution in [2.75, 3.05) is 5.32 Å². The Morgan fingerprint density at radius 1 is 1.33 bits per heavy atom. The van der Waals surface area contributed by atoms with Gasteiger partial charge in [-0.25, -0.2) is 4.39 Å². The van der Waals surface area contributed by atoms with E-state index in [4.69, 9.17) is 0 Å². The number of nitrogens with one attached hydrogen (secondary N) is 2. The van der Waals surface area contributed by atoms with Crippen LogP contribution in [0.1, 0.15) is 15.9 Å². The summed E-state index contributed by atoms with van der Waals surface area (Å²) in [5, 5.41) is 2.39. The molecule has 92 valence electrons. The molecule has 0 radical (unpaired) electrons. The third-order valence-corrected chi connectivity index (χ3v) is 2.41. The Morgan fingerprint density at radius 2 is 2.06 bits per heavy atom. The number of aromatic nitrogens is 1. The molecule has 0 aliphatic carbocycles. The van der Waals surface area contributed by atoms with Gasteiger partial charge in [0.05, 0.1) is 5.56 Å². The van der Waals surface area contributed by atoms with E-state index in [2.05, 4.69) is 10.3 Å². The van der Waals surface area contributed by atoms with Crippen LogP contribution in [-0.2, 0) is 0 Å². The summed E-state index contributed by atoms with van der Waals surface area (Å²) in [4.78, 5) is 25.7. The van der Waals surface area contributed by atoms with Crippen LogP contribution in [0.15, 0.2) is 41.3 Å². The second-order valence-electron chi connectivity index (χ2n) is 3.85. The molecule has 4 nitrogen and oxygen atoms in total. The predicted octanol–water partition coefficient (Wildman–Crippen LogP) is 2.07. The van der Waals surface area contributed by atoms with Gasteiger partial charge >= 0.3 is 0 Å². The molecule has 1 aromatic carbocycles. The van der Waals surface area contributed by atoms with Crippen LogP contribution in [0.2, 0.25) is 0 Å². The monoisotopic (exact) mass is 246 g/mol. The zero-order valence-electron chi connectivity index (χ0n) is 9.66. The molecule has 0 spiro atoms. The van der Waals surface area contributed by atoms with Crippen molar-refractivity contribution < 1.29 is 9.18 Å². The maximum Gasteiger partial charge on any atom is 0.271 e. The Bertz CT molecular complexity index is 649.